The topological polar surface area (TPSA) is 58.7 Å². The Morgan fingerprint density at radius 3 is 2.71 bits per heavy atom. The summed E-state index contributed by atoms with van der Waals surface area (Å²) in [5.41, 5.74) is 6.98. The molecule has 0 radical (unpaired) electrons. The third kappa shape index (κ3) is 3.11. The lowest BCUT2D eigenvalue weighted by atomic mass is 10.1. The molecule has 94 valence electrons. The fourth-order valence-corrected chi connectivity index (χ4v) is 2.20. The average molecular weight is 236 g/mol. The van der Waals surface area contributed by atoms with Crippen molar-refractivity contribution in [3.05, 3.63) is 23.8 Å². The molecule has 1 aliphatic rings. The van der Waals surface area contributed by atoms with Crippen LogP contribution in [0.3, 0.4) is 0 Å². The molecular weight excluding hydrogens is 216 g/mol. The van der Waals surface area contributed by atoms with Gasteiger partial charge in [-0.1, -0.05) is 6.07 Å². The van der Waals surface area contributed by atoms with E-state index in [0.29, 0.717) is 11.8 Å². The van der Waals surface area contributed by atoms with Crippen molar-refractivity contribution in [2.45, 2.75) is 25.4 Å². The molecule has 0 aliphatic carbocycles. The molecule has 0 bridgehead atoms. The normalized spacial score (nSPS) is 18.2. The summed E-state index contributed by atoms with van der Waals surface area (Å²) in [5.74, 6) is 0.730. The Hall–Kier alpha value is -1.26. The summed E-state index contributed by atoms with van der Waals surface area (Å²) in [6.45, 7) is 2.94. The van der Waals surface area contributed by atoms with Crippen LogP contribution in [0.1, 0.15) is 18.4 Å². The first kappa shape index (κ1) is 12.2. The number of nitrogens with zero attached hydrogens (tertiary/aromatic N) is 1. The molecule has 1 aromatic carbocycles. The van der Waals surface area contributed by atoms with Crippen molar-refractivity contribution in [1.82, 2.24) is 4.90 Å². The molecule has 0 aromatic heterocycles. The molecule has 1 fully saturated rings. The predicted molar refractivity (Wildman–Crippen MR) is 67.1 cm³/mol. The van der Waals surface area contributed by atoms with Crippen LogP contribution in [0.4, 0.5) is 0 Å². The largest absolute Gasteiger partial charge is 0.504 e. The summed E-state index contributed by atoms with van der Waals surface area (Å²) in [4.78, 5) is 2.37. The maximum Gasteiger partial charge on any atom is 0.160 e. The Morgan fingerprint density at radius 1 is 1.41 bits per heavy atom. The summed E-state index contributed by atoms with van der Waals surface area (Å²) in [5, 5.41) is 9.70. The highest BCUT2D eigenvalue weighted by atomic mass is 16.5. The van der Waals surface area contributed by atoms with Gasteiger partial charge in [-0.05, 0) is 43.6 Å². The number of benzene rings is 1. The van der Waals surface area contributed by atoms with E-state index in [9.17, 15) is 5.11 Å². The number of methoxy groups -OCH3 is 1. The van der Waals surface area contributed by atoms with E-state index in [2.05, 4.69) is 4.90 Å². The van der Waals surface area contributed by atoms with Gasteiger partial charge in [-0.25, -0.2) is 0 Å². The summed E-state index contributed by atoms with van der Waals surface area (Å²) in [6.07, 6.45) is 2.12. The van der Waals surface area contributed by atoms with Gasteiger partial charge in [-0.15, -0.1) is 0 Å². The lowest BCUT2D eigenvalue weighted by Gasteiger charge is -2.30. The first-order valence-electron chi connectivity index (χ1n) is 6.03. The molecule has 0 atom stereocenters. The molecule has 0 unspecified atom stereocenters. The van der Waals surface area contributed by atoms with Crippen LogP contribution >= 0.6 is 0 Å². The van der Waals surface area contributed by atoms with Gasteiger partial charge in [-0.2, -0.15) is 0 Å². The smallest absolute Gasteiger partial charge is 0.160 e. The number of phenols is 1. The van der Waals surface area contributed by atoms with Crippen LogP contribution in [-0.4, -0.2) is 36.2 Å². The van der Waals surface area contributed by atoms with Gasteiger partial charge in [0.25, 0.3) is 0 Å². The number of ether oxygens (including phenoxy) is 1. The molecule has 0 amide bonds. The second-order valence-electron chi connectivity index (χ2n) is 4.62. The van der Waals surface area contributed by atoms with Crippen molar-refractivity contribution >= 4 is 0 Å². The standard InChI is InChI=1S/C13H20N2O2/c1-17-13-3-2-10(8-12(13)16)9-15-6-4-11(14)5-7-15/h2-3,8,11,16H,4-7,9,14H2,1H3. The molecule has 1 aliphatic heterocycles. The third-order valence-corrected chi connectivity index (χ3v) is 3.28. The third-order valence-electron chi connectivity index (χ3n) is 3.28. The van der Waals surface area contributed by atoms with Gasteiger partial charge in [0, 0.05) is 12.6 Å². The minimum absolute atomic E-state index is 0.207. The fourth-order valence-electron chi connectivity index (χ4n) is 2.20. The maximum absolute atomic E-state index is 9.70. The number of piperidine rings is 1. The summed E-state index contributed by atoms with van der Waals surface area (Å²) in [6, 6.07) is 5.93. The summed E-state index contributed by atoms with van der Waals surface area (Å²) in [7, 11) is 1.56. The van der Waals surface area contributed by atoms with Gasteiger partial charge in [0.05, 0.1) is 7.11 Å². The Balaban J connectivity index is 1.97. The van der Waals surface area contributed by atoms with E-state index < -0.39 is 0 Å². The van der Waals surface area contributed by atoms with E-state index in [1.54, 1.807) is 19.2 Å². The first-order chi connectivity index (χ1) is 8.19. The molecule has 17 heavy (non-hydrogen) atoms. The molecular formula is C13H20N2O2. The first-order valence-corrected chi connectivity index (χ1v) is 6.03. The van der Waals surface area contributed by atoms with E-state index in [-0.39, 0.29) is 5.75 Å². The van der Waals surface area contributed by atoms with Gasteiger partial charge >= 0.3 is 0 Å². The molecule has 1 aromatic rings. The molecule has 1 heterocycles. The van der Waals surface area contributed by atoms with E-state index >= 15 is 0 Å². The van der Waals surface area contributed by atoms with Gasteiger partial charge in [0.2, 0.25) is 0 Å². The van der Waals surface area contributed by atoms with Gasteiger partial charge in [-0.3, -0.25) is 4.90 Å². The monoisotopic (exact) mass is 236 g/mol. The number of phenolic OH excluding ortho intramolecular Hbond substituents is 1. The highest BCUT2D eigenvalue weighted by Gasteiger charge is 2.16. The zero-order valence-electron chi connectivity index (χ0n) is 10.2. The Morgan fingerprint density at radius 2 is 2.12 bits per heavy atom. The molecule has 4 nitrogen and oxygen atoms in total. The zero-order valence-corrected chi connectivity index (χ0v) is 10.2. The van der Waals surface area contributed by atoms with Crippen molar-refractivity contribution < 1.29 is 9.84 Å². The lowest BCUT2D eigenvalue weighted by molar-refractivity contribution is 0.205. The number of aromatic hydroxyl groups is 1. The second kappa shape index (κ2) is 5.38. The van der Waals surface area contributed by atoms with Gasteiger partial charge in [0.1, 0.15) is 0 Å². The number of hydrogen-bond donors (Lipinski definition) is 2. The predicted octanol–water partition coefficient (Wildman–Crippen LogP) is 1.32. The van der Waals surface area contributed by atoms with Crippen LogP contribution < -0.4 is 10.5 Å². The Kier molecular flexibility index (Phi) is 3.86. The van der Waals surface area contributed by atoms with E-state index in [4.69, 9.17) is 10.5 Å². The quantitative estimate of drug-likeness (QED) is 0.831. The fraction of sp³-hybridized carbons (Fsp3) is 0.538. The van der Waals surface area contributed by atoms with Crippen LogP contribution in [0.5, 0.6) is 11.5 Å². The number of nitrogens with two attached hydrogens (primary N) is 1. The van der Waals surface area contributed by atoms with Gasteiger partial charge in [0.15, 0.2) is 11.5 Å². The number of likely N-dealkylation sites (tertiary alicyclic amines) is 1. The van der Waals surface area contributed by atoms with E-state index in [1.165, 1.54) is 0 Å². The van der Waals surface area contributed by atoms with Crippen LogP contribution in [0.2, 0.25) is 0 Å². The van der Waals surface area contributed by atoms with Crippen molar-refractivity contribution in [2.24, 2.45) is 5.73 Å². The molecule has 0 spiro atoms. The number of rotatable bonds is 3. The van der Waals surface area contributed by atoms with Crippen molar-refractivity contribution in [2.75, 3.05) is 20.2 Å². The highest BCUT2D eigenvalue weighted by molar-refractivity contribution is 5.41. The SMILES string of the molecule is COc1ccc(CN2CCC(N)CC2)cc1O. The molecule has 4 heteroatoms. The highest BCUT2D eigenvalue weighted by Crippen LogP contribution is 2.27. The van der Waals surface area contributed by atoms with Crippen molar-refractivity contribution in [1.29, 1.82) is 0 Å². The minimum atomic E-state index is 0.207. The number of hydrogen-bond acceptors (Lipinski definition) is 4. The molecule has 1 saturated heterocycles. The second-order valence-corrected chi connectivity index (χ2v) is 4.62. The summed E-state index contributed by atoms with van der Waals surface area (Å²) >= 11 is 0. The van der Waals surface area contributed by atoms with Crippen LogP contribution in [0.25, 0.3) is 0 Å². The molecule has 3 N–H and O–H groups in total. The Bertz CT molecular complexity index is 374. The van der Waals surface area contributed by atoms with Crippen LogP contribution in [0, 0.1) is 0 Å². The summed E-state index contributed by atoms with van der Waals surface area (Å²) < 4.78 is 5.02. The van der Waals surface area contributed by atoms with E-state index in [0.717, 1.165) is 38.0 Å². The Labute approximate surface area is 102 Å². The average Bonchev–Trinajstić information content (AvgIpc) is 2.32. The zero-order chi connectivity index (χ0) is 12.3. The van der Waals surface area contributed by atoms with Gasteiger partial charge < -0.3 is 15.6 Å². The minimum Gasteiger partial charge on any atom is -0.504 e. The maximum atomic E-state index is 9.70. The molecule has 2 rings (SSSR count). The van der Waals surface area contributed by atoms with Crippen molar-refractivity contribution in [3.8, 4) is 11.5 Å². The molecule has 0 saturated carbocycles. The van der Waals surface area contributed by atoms with Crippen molar-refractivity contribution in [3.63, 3.8) is 0 Å². The van der Waals surface area contributed by atoms with Crippen LogP contribution in [0.15, 0.2) is 18.2 Å². The lowest BCUT2D eigenvalue weighted by Crippen LogP contribution is -2.39. The van der Waals surface area contributed by atoms with E-state index in [1.807, 2.05) is 6.07 Å². The van der Waals surface area contributed by atoms with Crippen LogP contribution in [-0.2, 0) is 6.54 Å².